The van der Waals surface area contributed by atoms with Crippen molar-refractivity contribution in [2.45, 2.75) is 45.2 Å². The van der Waals surface area contributed by atoms with Gasteiger partial charge >= 0.3 is 0 Å². The molecule has 1 fully saturated rings. The standard InChI is InChI=1S/C16H25N3O/c1-12-6-4-3-5-9-19(12)11-14-10-13(16(17)18)7-8-15(14)20-2/h7-8,10,12H,3-6,9,11H2,1-2H3,(H3,17,18). The number of nitrogens with one attached hydrogen (secondary N) is 1. The van der Waals surface area contributed by atoms with E-state index >= 15 is 0 Å². The van der Waals surface area contributed by atoms with Gasteiger partial charge in [0.15, 0.2) is 0 Å². The molecule has 1 saturated heterocycles. The van der Waals surface area contributed by atoms with Gasteiger partial charge in [0.2, 0.25) is 0 Å². The maximum Gasteiger partial charge on any atom is 0.123 e. The number of ether oxygens (including phenoxy) is 1. The van der Waals surface area contributed by atoms with E-state index in [1.165, 1.54) is 25.7 Å². The van der Waals surface area contributed by atoms with E-state index in [0.717, 1.165) is 30.0 Å². The predicted molar refractivity (Wildman–Crippen MR) is 82.4 cm³/mol. The summed E-state index contributed by atoms with van der Waals surface area (Å²) in [7, 11) is 1.69. The fraction of sp³-hybridized carbons (Fsp3) is 0.562. The zero-order valence-electron chi connectivity index (χ0n) is 12.5. The van der Waals surface area contributed by atoms with Crippen molar-refractivity contribution >= 4 is 5.84 Å². The molecule has 1 aromatic rings. The smallest absolute Gasteiger partial charge is 0.123 e. The first-order valence-corrected chi connectivity index (χ1v) is 7.37. The molecular weight excluding hydrogens is 250 g/mol. The molecule has 4 nitrogen and oxygen atoms in total. The molecule has 1 unspecified atom stereocenters. The number of likely N-dealkylation sites (tertiary alicyclic amines) is 1. The van der Waals surface area contributed by atoms with E-state index in [1.54, 1.807) is 7.11 Å². The molecule has 20 heavy (non-hydrogen) atoms. The average Bonchev–Trinajstić information content (AvgIpc) is 2.64. The van der Waals surface area contributed by atoms with Crippen LogP contribution in [0, 0.1) is 5.41 Å². The molecule has 0 spiro atoms. The van der Waals surface area contributed by atoms with E-state index in [4.69, 9.17) is 15.9 Å². The molecule has 0 radical (unpaired) electrons. The SMILES string of the molecule is COc1ccc(C(=N)N)cc1CN1CCCCCC1C. The summed E-state index contributed by atoms with van der Waals surface area (Å²) in [5, 5.41) is 7.58. The number of nitrogens with two attached hydrogens (primary N) is 1. The van der Waals surface area contributed by atoms with Gasteiger partial charge in [-0.3, -0.25) is 10.3 Å². The Morgan fingerprint density at radius 2 is 2.20 bits per heavy atom. The molecular formula is C16H25N3O. The molecule has 1 aliphatic rings. The minimum atomic E-state index is 0.109. The van der Waals surface area contributed by atoms with E-state index in [-0.39, 0.29) is 5.84 Å². The molecule has 110 valence electrons. The first-order chi connectivity index (χ1) is 9.61. The third kappa shape index (κ3) is 3.51. The Balaban J connectivity index is 2.21. The van der Waals surface area contributed by atoms with Gasteiger partial charge in [0.25, 0.3) is 0 Å². The lowest BCUT2D eigenvalue weighted by Gasteiger charge is -2.27. The van der Waals surface area contributed by atoms with Crippen molar-refractivity contribution < 1.29 is 4.74 Å². The first kappa shape index (κ1) is 14.9. The van der Waals surface area contributed by atoms with Gasteiger partial charge in [-0.1, -0.05) is 12.8 Å². The summed E-state index contributed by atoms with van der Waals surface area (Å²) in [6.07, 6.45) is 5.17. The summed E-state index contributed by atoms with van der Waals surface area (Å²) < 4.78 is 5.45. The van der Waals surface area contributed by atoms with Gasteiger partial charge in [-0.05, 0) is 44.5 Å². The van der Waals surface area contributed by atoms with Crippen LogP contribution in [0.4, 0.5) is 0 Å². The lowest BCUT2D eigenvalue weighted by atomic mass is 10.1. The van der Waals surface area contributed by atoms with E-state index < -0.39 is 0 Å². The first-order valence-electron chi connectivity index (χ1n) is 7.37. The molecule has 4 heteroatoms. The summed E-state index contributed by atoms with van der Waals surface area (Å²) in [5.41, 5.74) is 7.47. The number of rotatable bonds is 4. The van der Waals surface area contributed by atoms with Gasteiger partial charge in [-0.25, -0.2) is 0 Å². The van der Waals surface area contributed by atoms with Gasteiger partial charge in [0.1, 0.15) is 11.6 Å². The van der Waals surface area contributed by atoms with Crippen LogP contribution in [0.1, 0.15) is 43.7 Å². The Morgan fingerprint density at radius 3 is 2.90 bits per heavy atom. The van der Waals surface area contributed by atoms with Gasteiger partial charge < -0.3 is 10.5 Å². The minimum absolute atomic E-state index is 0.109. The van der Waals surface area contributed by atoms with Crippen LogP contribution in [-0.2, 0) is 6.54 Å². The highest BCUT2D eigenvalue weighted by atomic mass is 16.5. The zero-order chi connectivity index (χ0) is 14.5. The van der Waals surface area contributed by atoms with Gasteiger partial charge in [0, 0.05) is 23.7 Å². The third-order valence-electron chi connectivity index (χ3n) is 4.16. The van der Waals surface area contributed by atoms with E-state index in [2.05, 4.69) is 11.8 Å². The van der Waals surface area contributed by atoms with Crippen molar-refractivity contribution in [3.05, 3.63) is 29.3 Å². The van der Waals surface area contributed by atoms with Crippen LogP contribution in [0.15, 0.2) is 18.2 Å². The Morgan fingerprint density at radius 1 is 1.40 bits per heavy atom. The molecule has 3 N–H and O–H groups in total. The molecule has 0 saturated carbocycles. The van der Waals surface area contributed by atoms with Crippen LogP contribution in [0.2, 0.25) is 0 Å². The maximum absolute atomic E-state index is 7.58. The van der Waals surface area contributed by atoms with Crippen LogP contribution < -0.4 is 10.5 Å². The van der Waals surface area contributed by atoms with Crippen molar-refractivity contribution in [2.24, 2.45) is 5.73 Å². The normalized spacial score (nSPS) is 20.4. The summed E-state index contributed by atoms with van der Waals surface area (Å²) in [6.45, 7) is 4.30. The van der Waals surface area contributed by atoms with Crippen LogP contribution in [-0.4, -0.2) is 30.4 Å². The summed E-state index contributed by atoms with van der Waals surface area (Å²) in [6, 6.07) is 6.34. The van der Waals surface area contributed by atoms with Gasteiger partial charge in [0.05, 0.1) is 7.11 Å². The van der Waals surface area contributed by atoms with Gasteiger partial charge in [-0.2, -0.15) is 0 Å². The van der Waals surface area contributed by atoms with E-state index in [1.807, 2.05) is 18.2 Å². The second kappa shape index (κ2) is 6.75. The van der Waals surface area contributed by atoms with Crippen LogP contribution in [0.5, 0.6) is 5.75 Å². The van der Waals surface area contributed by atoms with Crippen molar-refractivity contribution in [3.63, 3.8) is 0 Å². The predicted octanol–water partition coefficient (Wildman–Crippen LogP) is 2.74. The summed E-state index contributed by atoms with van der Waals surface area (Å²) in [5.74, 6) is 0.990. The number of benzene rings is 1. The number of hydrogen-bond donors (Lipinski definition) is 2. The maximum atomic E-state index is 7.58. The molecule has 0 amide bonds. The van der Waals surface area contributed by atoms with Crippen molar-refractivity contribution in [1.29, 1.82) is 5.41 Å². The summed E-state index contributed by atoms with van der Waals surface area (Å²) in [4.78, 5) is 2.51. The lowest BCUT2D eigenvalue weighted by Crippen LogP contribution is -2.32. The van der Waals surface area contributed by atoms with Crippen LogP contribution in [0.25, 0.3) is 0 Å². The Labute approximate surface area is 121 Å². The molecule has 1 aromatic carbocycles. The van der Waals surface area contributed by atoms with E-state index in [9.17, 15) is 0 Å². The highest BCUT2D eigenvalue weighted by molar-refractivity contribution is 5.95. The Bertz CT molecular complexity index is 473. The van der Waals surface area contributed by atoms with Crippen molar-refractivity contribution in [3.8, 4) is 5.75 Å². The second-order valence-corrected chi connectivity index (χ2v) is 5.61. The second-order valence-electron chi connectivity index (χ2n) is 5.61. The number of methoxy groups -OCH3 is 1. The van der Waals surface area contributed by atoms with Crippen LogP contribution in [0.3, 0.4) is 0 Å². The zero-order valence-corrected chi connectivity index (χ0v) is 12.5. The minimum Gasteiger partial charge on any atom is -0.496 e. The number of hydrogen-bond acceptors (Lipinski definition) is 3. The van der Waals surface area contributed by atoms with Crippen molar-refractivity contribution in [1.82, 2.24) is 4.90 Å². The molecule has 0 aliphatic carbocycles. The molecule has 0 bridgehead atoms. The summed E-state index contributed by atoms with van der Waals surface area (Å²) >= 11 is 0. The molecule has 2 rings (SSSR count). The monoisotopic (exact) mass is 275 g/mol. The van der Waals surface area contributed by atoms with Crippen molar-refractivity contribution in [2.75, 3.05) is 13.7 Å². The molecule has 1 heterocycles. The average molecular weight is 275 g/mol. The molecule has 1 atom stereocenters. The number of nitrogens with zero attached hydrogens (tertiary/aromatic N) is 1. The highest BCUT2D eigenvalue weighted by Gasteiger charge is 2.18. The fourth-order valence-electron chi connectivity index (χ4n) is 2.86. The Kier molecular flexibility index (Phi) is 5.01. The Hall–Kier alpha value is -1.55. The van der Waals surface area contributed by atoms with Gasteiger partial charge in [-0.15, -0.1) is 0 Å². The largest absolute Gasteiger partial charge is 0.496 e. The molecule has 1 aliphatic heterocycles. The number of amidine groups is 1. The third-order valence-corrected chi connectivity index (χ3v) is 4.16. The quantitative estimate of drug-likeness (QED) is 0.656. The molecule has 0 aromatic heterocycles. The van der Waals surface area contributed by atoms with Crippen LogP contribution >= 0.6 is 0 Å². The topological polar surface area (TPSA) is 62.3 Å². The van der Waals surface area contributed by atoms with E-state index in [0.29, 0.717) is 6.04 Å². The number of nitrogen functional groups attached to an aromatic ring is 1. The fourth-order valence-corrected chi connectivity index (χ4v) is 2.86. The lowest BCUT2D eigenvalue weighted by molar-refractivity contribution is 0.202. The highest BCUT2D eigenvalue weighted by Crippen LogP contribution is 2.25.